The number of hydrogen-bond acceptors (Lipinski definition) is 3. The van der Waals surface area contributed by atoms with Gasteiger partial charge in [0.1, 0.15) is 5.75 Å². The van der Waals surface area contributed by atoms with E-state index in [1.54, 1.807) is 0 Å². The van der Waals surface area contributed by atoms with Crippen molar-refractivity contribution in [1.29, 1.82) is 0 Å². The van der Waals surface area contributed by atoms with E-state index in [0.29, 0.717) is 12.4 Å². The summed E-state index contributed by atoms with van der Waals surface area (Å²) in [6, 6.07) is 7.81. The summed E-state index contributed by atoms with van der Waals surface area (Å²) in [6.45, 7) is 4.90. The van der Waals surface area contributed by atoms with Crippen LogP contribution >= 0.6 is 0 Å². The van der Waals surface area contributed by atoms with E-state index in [2.05, 4.69) is 13.8 Å². The standard InChI is InChI=1S/C23H38O3/c1-3-5-7-9-11-13-15-21-16-18-22(19-17-21)26-23(24)25-20-14-12-10-8-6-4-2/h16-19H,3-15,20H2,1-2H3. The van der Waals surface area contributed by atoms with Crippen molar-refractivity contribution in [1.82, 2.24) is 0 Å². The van der Waals surface area contributed by atoms with Crippen molar-refractivity contribution in [2.45, 2.75) is 97.3 Å². The fraction of sp³-hybridized carbons (Fsp3) is 0.696. The molecule has 26 heavy (non-hydrogen) atoms. The van der Waals surface area contributed by atoms with Crippen molar-refractivity contribution in [2.75, 3.05) is 6.61 Å². The first-order chi connectivity index (χ1) is 12.8. The van der Waals surface area contributed by atoms with Crippen molar-refractivity contribution in [3.05, 3.63) is 29.8 Å². The Labute approximate surface area is 160 Å². The summed E-state index contributed by atoms with van der Waals surface area (Å²) in [6.07, 6.45) is 15.4. The third-order valence-corrected chi connectivity index (χ3v) is 4.66. The van der Waals surface area contributed by atoms with E-state index in [1.165, 1.54) is 69.8 Å². The van der Waals surface area contributed by atoms with Gasteiger partial charge in [-0.05, 0) is 37.0 Å². The van der Waals surface area contributed by atoms with E-state index in [-0.39, 0.29) is 0 Å². The fourth-order valence-electron chi connectivity index (χ4n) is 3.00. The van der Waals surface area contributed by atoms with Gasteiger partial charge in [0.2, 0.25) is 0 Å². The maximum atomic E-state index is 11.7. The number of unbranched alkanes of at least 4 members (excludes halogenated alkanes) is 10. The van der Waals surface area contributed by atoms with Crippen LogP contribution in [-0.2, 0) is 11.2 Å². The Hall–Kier alpha value is -1.51. The monoisotopic (exact) mass is 362 g/mol. The Morgan fingerprint density at radius 2 is 1.27 bits per heavy atom. The van der Waals surface area contributed by atoms with Crippen molar-refractivity contribution in [3.63, 3.8) is 0 Å². The number of ether oxygens (including phenoxy) is 2. The predicted molar refractivity (Wildman–Crippen MR) is 109 cm³/mol. The number of carbonyl (C=O) groups is 1. The molecule has 1 aromatic carbocycles. The molecule has 0 spiro atoms. The Balaban J connectivity index is 2.10. The molecule has 0 aromatic heterocycles. The first kappa shape index (κ1) is 22.5. The van der Waals surface area contributed by atoms with E-state index in [4.69, 9.17) is 9.47 Å². The van der Waals surface area contributed by atoms with Gasteiger partial charge in [-0.1, -0.05) is 90.2 Å². The Bertz CT molecular complexity index is 453. The van der Waals surface area contributed by atoms with Crippen molar-refractivity contribution in [3.8, 4) is 5.75 Å². The summed E-state index contributed by atoms with van der Waals surface area (Å²) in [4.78, 5) is 11.7. The molecule has 0 aliphatic rings. The van der Waals surface area contributed by atoms with Gasteiger partial charge in [-0.25, -0.2) is 4.79 Å². The molecule has 0 heterocycles. The van der Waals surface area contributed by atoms with Crippen LogP contribution in [0, 0.1) is 0 Å². The minimum Gasteiger partial charge on any atom is -0.434 e. The zero-order chi connectivity index (χ0) is 18.9. The molecule has 0 N–H and O–H groups in total. The maximum Gasteiger partial charge on any atom is 0.513 e. The van der Waals surface area contributed by atoms with Gasteiger partial charge in [0.15, 0.2) is 0 Å². The van der Waals surface area contributed by atoms with E-state index < -0.39 is 6.16 Å². The largest absolute Gasteiger partial charge is 0.513 e. The van der Waals surface area contributed by atoms with Gasteiger partial charge in [-0.3, -0.25) is 0 Å². The Morgan fingerprint density at radius 1 is 0.731 bits per heavy atom. The van der Waals surface area contributed by atoms with E-state index in [0.717, 1.165) is 19.3 Å². The first-order valence-corrected chi connectivity index (χ1v) is 10.7. The van der Waals surface area contributed by atoms with Gasteiger partial charge < -0.3 is 9.47 Å². The smallest absolute Gasteiger partial charge is 0.434 e. The third-order valence-electron chi connectivity index (χ3n) is 4.66. The highest BCUT2D eigenvalue weighted by Crippen LogP contribution is 2.16. The zero-order valence-electron chi connectivity index (χ0n) is 16.9. The molecule has 0 aliphatic carbocycles. The fourth-order valence-corrected chi connectivity index (χ4v) is 3.00. The summed E-state index contributed by atoms with van der Waals surface area (Å²) in [5.41, 5.74) is 1.30. The molecule has 3 heteroatoms. The molecule has 0 saturated heterocycles. The maximum absolute atomic E-state index is 11.7. The number of rotatable bonds is 15. The number of benzene rings is 1. The minimum absolute atomic E-state index is 0.446. The second-order valence-corrected chi connectivity index (χ2v) is 7.13. The van der Waals surface area contributed by atoms with E-state index >= 15 is 0 Å². The lowest BCUT2D eigenvalue weighted by Gasteiger charge is -2.07. The predicted octanol–water partition coefficient (Wildman–Crippen LogP) is 7.47. The highest BCUT2D eigenvalue weighted by atomic mass is 16.7. The molecule has 1 rings (SSSR count). The lowest BCUT2D eigenvalue weighted by atomic mass is 10.1. The van der Waals surface area contributed by atoms with Gasteiger partial charge in [0, 0.05) is 0 Å². The second kappa shape index (κ2) is 15.7. The lowest BCUT2D eigenvalue weighted by molar-refractivity contribution is 0.0973. The lowest BCUT2D eigenvalue weighted by Crippen LogP contribution is -2.11. The average Bonchev–Trinajstić information content (AvgIpc) is 2.65. The van der Waals surface area contributed by atoms with Crippen LogP contribution in [0.2, 0.25) is 0 Å². The molecule has 0 atom stereocenters. The average molecular weight is 363 g/mol. The first-order valence-electron chi connectivity index (χ1n) is 10.7. The van der Waals surface area contributed by atoms with Crippen LogP contribution < -0.4 is 4.74 Å². The summed E-state index contributed by atoms with van der Waals surface area (Å²) < 4.78 is 10.4. The molecule has 1 aromatic rings. The molecule has 0 aliphatic heterocycles. The highest BCUT2D eigenvalue weighted by molar-refractivity contribution is 5.63. The number of aryl methyl sites for hydroxylation is 1. The molecule has 0 saturated carbocycles. The van der Waals surface area contributed by atoms with Crippen LogP contribution in [-0.4, -0.2) is 12.8 Å². The van der Waals surface area contributed by atoms with Crippen LogP contribution in [0.4, 0.5) is 4.79 Å². The normalized spacial score (nSPS) is 10.7. The number of hydrogen-bond donors (Lipinski definition) is 0. The summed E-state index contributed by atoms with van der Waals surface area (Å²) in [7, 11) is 0. The molecule has 0 amide bonds. The highest BCUT2D eigenvalue weighted by Gasteiger charge is 2.06. The SMILES string of the molecule is CCCCCCCCOC(=O)Oc1ccc(CCCCCCCC)cc1. The van der Waals surface area contributed by atoms with Crippen LogP contribution in [0.5, 0.6) is 5.75 Å². The van der Waals surface area contributed by atoms with Crippen LogP contribution in [0.1, 0.15) is 96.5 Å². The Morgan fingerprint density at radius 3 is 1.88 bits per heavy atom. The summed E-state index contributed by atoms with van der Waals surface area (Å²) >= 11 is 0. The zero-order valence-corrected chi connectivity index (χ0v) is 16.9. The number of carbonyl (C=O) groups excluding carboxylic acids is 1. The van der Waals surface area contributed by atoms with Gasteiger partial charge in [-0.15, -0.1) is 0 Å². The van der Waals surface area contributed by atoms with Crippen LogP contribution in [0.15, 0.2) is 24.3 Å². The van der Waals surface area contributed by atoms with Gasteiger partial charge in [-0.2, -0.15) is 0 Å². The molecule has 0 bridgehead atoms. The van der Waals surface area contributed by atoms with Crippen molar-refractivity contribution in [2.24, 2.45) is 0 Å². The van der Waals surface area contributed by atoms with E-state index in [1.807, 2.05) is 24.3 Å². The molecule has 0 fully saturated rings. The van der Waals surface area contributed by atoms with Gasteiger partial charge >= 0.3 is 6.16 Å². The molecule has 148 valence electrons. The summed E-state index contributed by atoms with van der Waals surface area (Å²) in [5.74, 6) is 0.560. The van der Waals surface area contributed by atoms with Crippen molar-refractivity contribution < 1.29 is 14.3 Å². The molecule has 3 nitrogen and oxygen atoms in total. The van der Waals surface area contributed by atoms with E-state index in [9.17, 15) is 4.79 Å². The molecular formula is C23H38O3. The van der Waals surface area contributed by atoms with Crippen LogP contribution in [0.3, 0.4) is 0 Å². The quantitative estimate of drug-likeness (QED) is 0.184. The van der Waals surface area contributed by atoms with Crippen molar-refractivity contribution >= 4 is 6.16 Å². The summed E-state index contributed by atoms with van der Waals surface area (Å²) in [5, 5.41) is 0. The second-order valence-electron chi connectivity index (χ2n) is 7.13. The van der Waals surface area contributed by atoms with Gasteiger partial charge in [0.25, 0.3) is 0 Å². The molecule has 0 radical (unpaired) electrons. The third kappa shape index (κ3) is 11.9. The van der Waals surface area contributed by atoms with Gasteiger partial charge in [0.05, 0.1) is 6.61 Å². The Kier molecular flexibility index (Phi) is 13.6. The van der Waals surface area contributed by atoms with Crippen LogP contribution in [0.25, 0.3) is 0 Å². The minimum atomic E-state index is -0.595. The topological polar surface area (TPSA) is 35.5 Å². The molecule has 0 unspecified atom stereocenters. The molecular weight excluding hydrogens is 324 g/mol.